The fourth-order valence-corrected chi connectivity index (χ4v) is 3.77. The van der Waals surface area contributed by atoms with Crippen LogP contribution in [-0.2, 0) is 11.3 Å². The van der Waals surface area contributed by atoms with E-state index < -0.39 is 0 Å². The molecule has 2 amide bonds. The fraction of sp³-hybridized carbons (Fsp3) is 0.421. The lowest BCUT2D eigenvalue weighted by atomic mass is 9.97. The van der Waals surface area contributed by atoms with Gasteiger partial charge in [0.2, 0.25) is 11.8 Å². The number of hydrogen-bond donors (Lipinski definition) is 1. The van der Waals surface area contributed by atoms with Crippen LogP contribution in [-0.4, -0.2) is 41.4 Å². The number of amides is 2. The number of thiophene rings is 1. The maximum Gasteiger partial charge on any atom is 0.263 e. The molecule has 0 radical (unpaired) electrons. The van der Waals surface area contributed by atoms with Crippen molar-refractivity contribution in [3.8, 4) is 5.88 Å². The zero-order valence-electron chi connectivity index (χ0n) is 14.8. The maximum atomic E-state index is 12.6. The van der Waals surface area contributed by atoms with E-state index in [0.29, 0.717) is 32.1 Å². The quantitative estimate of drug-likeness (QED) is 0.845. The van der Waals surface area contributed by atoms with E-state index in [9.17, 15) is 9.59 Å². The molecule has 0 aliphatic carbocycles. The van der Waals surface area contributed by atoms with Gasteiger partial charge in [0.1, 0.15) is 0 Å². The summed E-state index contributed by atoms with van der Waals surface area (Å²) < 4.78 is 5.49. The van der Waals surface area contributed by atoms with Crippen molar-refractivity contribution in [2.75, 3.05) is 19.7 Å². The number of aromatic nitrogens is 1. The van der Waals surface area contributed by atoms with Gasteiger partial charge >= 0.3 is 0 Å². The Morgan fingerprint density at radius 3 is 3.04 bits per heavy atom. The van der Waals surface area contributed by atoms with Crippen molar-refractivity contribution >= 4 is 23.2 Å². The van der Waals surface area contributed by atoms with Crippen LogP contribution in [0.15, 0.2) is 35.8 Å². The van der Waals surface area contributed by atoms with Crippen molar-refractivity contribution in [2.45, 2.75) is 26.3 Å². The van der Waals surface area contributed by atoms with Crippen LogP contribution in [0.25, 0.3) is 0 Å². The SMILES string of the molecule is CCOc1ncccc1CNC(=O)C1CCCN(C(=O)c2cccs2)C1. The number of rotatable bonds is 6. The Balaban J connectivity index is 1.57. The van der Waals surface area contributed by atoms with Gasteiger partial charge in [-0.3, -0.25) is 9.59 Å². The van der Waals surface area contributed by atoms with Gasteiger partial charge in [-0.15, -0.1) is 11.3 Å². The highest BCUT2D eigenvalue weighted by Gasteiger charge is 2.29. The zero-order valence-corrected chi connectivity index (χ0v) is 15.6. The molecule has 1 fully saturated rings. The number of nitrogens with one attached hydrogen (secondary N) is 1. The summed E-state index contributed by atoms with van der Waals surface area (Å²) in [7, 11) is 0. The molecule has 1 aliphatic heterocycles. The minimum absolute atomic E-state index is 0.0170. The third-order valence-electron chi connectivity index (χ3n) is 4.40. The van der Waals surface area contributed by atoms with E-state index >= 15 is 0 Å². The van der Waals surface area contributed by atoms with Crippen molar-refractivity contribution in [2.24, 2.45) is 5.92 Å². The Kier molecular flexibility index (Phi) is 6.22. The Morgan fingerprint density at radius 2 is 2.27 bits per heavy atom. The molecule has 1 unspecified atom stereocenters. The minimum Gasteiger partial charge on any atom is -0.478 e. The van der Waals surface area contributed by atoms with Crippen LogP contribution >= 0.6 is 11.3 Å². The standard InChI is InChI=1S/C19H23N3O3S/c1-2-25-18-14(6-3-9-20-18)12-21-17(23)15-7-4-10-22(13-15)19(24)16-8-5-11-26-16/h3,5-6,8-9,11,15H,2,4,7,10,12-13H2,1H3,(H,21,23). The Labute approximate surface area is 157 Å². The Hall–Kier alpha value is -2.41. The van der Waals surface area contributed by atoms with Crippen molar-refractivity contribution < 1.29 is 14.3 Å². The van der Waals surface area contributed by atoms with Crippen molar-refractivity contribution in [3.63, 3.8) is 0 Å². The number of carbonyl (C=O) groups is 2. The molecule has 6 nitrogen and oxygen atoms in total. The van der Waals surface area contributed by atoms with Gasteiger partial charge in [-0.1, -0.05) is 12.1 Å². The van der Waals surface area contributed by atoms with Crippen LogP contribution in [0.4, 0.5) is 0 Å². The Morgan fingerprint density at radius 1 is 1.38 bits per heavy atom. The molecule has 0 saturated carbocycles. The average Bonchev–Trinajstić information content (AvgIpc) is 3.21. The number of hydrogen-bond acceptors (Lipinski definition) is 5. The number of nitrogens with zero attached hydrogens (tertiary/aromatic N) is 2. The van der Waals surface area contributed by atoms with Crippen LogP contribution < -0.4 is 10.1 Å². The van der Waals surface area contributed by atoms with Crippen LogP contribution in [0.5, 0.6) is 5.88 Å². The van der Waals surface area contributed by atoms with E-state index in [4.69, 9.17) is 4.74 Å². The van der Waals surface area contributed by atoms with Gasteiger partial charge in [-0.05, 0) is 37.3 Å². The van der Waals surface area contributed by atoms with E-state index in [1.54, 1.807) is 11.1 Å². The molecule has 1 saturated heterocycles. The van der Waals surface area contributed by atoms with Gasteiger partial charge in [-0.2, -0.15) is 0 Å². The Bertz CT molecular complexity index is 748. The molecular weight excluding hydrogens is 350 g/mol. The third kappa shape index (κ3) is 4.40. The first-order chi connectivity index (χ1) is 12.7. The predicted octanol–water partition coefficient (Wildman–Crippen LogP) is 2.71. The molecule has 2 aromatic heterocycles. The summed E-state index contributed by atoms with van der Waals surface area (Å²) in [6, 6.07) is 7.42. The maximum absolute atomic E-state index is 12.6. The van der Waals surface area contributed by atoms with Gasteiger partial charge in [-0.25, -0.2) is 4.98 Å². The molecule has 1 atom stereocenters. The molecule has 3 heterocycles. The number of ether oxygens (including phenoxy) is 1. The number of pyridine rings is 1. The molecule has 1 N–H and O–H groups in total. The van der Waals surface area contributed by atoms with Crippen LogP contribution in [0.1, 0.15) is 35.0 Å². The molecule has 26 heavy (non-hydrogen) atoms. The average molecular weight is 373 g/mol. The molecule has 3 rings (SSSR count). The smallest absolute Gasteiger partial charge is 0.263 e. The normalized spacial score (nSPS) is 17.0. The third-order valence-corrected chi connectivity index (χ3v) is 5.25. The largest absolute Gasteiger partial charge is 0.478 e. The van der Waals surface area contributed by atoms with Gasteiger partial charge in [0.25, 0.3) is 5.91 Å². The molecule has 138 valence electrons. The highest BCUT2D eigenvalue weighted by atomic mass is 32.1. The second-order valence-corrected chi connectivity index (χ2v) is 7.13. The lowest BCUT2D eigenvalue weighted by Crippen LogP contribution is -2.45. The summed E-state index contributed by atoms with van der Waals surface area (Å²) in [6.45, 7) is 3.97. The summed E-state index contributed by atoms with van der Waals surface area (Å²) in [5.74, 6) is 0.358. The molecule has 0 bridgehead atoms. The highest BCUT2D eigenvalue weighted by molar-refractivity contribution is 7.12. The van der Waals surface area contributed by atoms with Gasteiger partial charge in [0.05, 0.1) is 17.4 Å². The zero-order chi connectivity index (χ0) is 18.4. The van der Waals surface area contributed by atoms with Crippen LogP contribution in [0.2, 0.25) is 0 Å². The molecule has 0 aromatic carbocycles. The number of likely N-dealkylation sites (tertiary alicyclic amines) is 1. The van der Waals surface area contributed by atoms with Gasteiger partial charge < -0.3 is 15.0 Å². The summed E-state index contributed by atoms with van der Waals surface area (Å²) in [5.41, 5.74) is 0.852. The number of piperidine rings is 1. The lowest BCUT2D eigenvalue weighted by molar-refractivity contribution is -0.126. The summed E-state index contributed by atoms with van der Waals surface area (Å²) in [5, 5.41) is 4.86. The highest BCUT2D eigenvalue weighted by Crippen LogP contribution is 2.21. The van der Waals surface area contributed by atoms with Crippen molar-refractivity contribution in [3.05, 3.63) is 46.3 Å². The minimum atomic E-state index is -0.181. The first kappa shape index (κ1) is 18.4. The molecule has 2 aromatic rings. The van der Waals surface area contributed by atoms with Crippen LogP contribution in [0.3, 0.4) is 0 Å². The molecular formula is C19H23N3O3S. The van der Waals surface area contributed by atoms with E-state index in [0.717, 1.165) is 23.3 Å². The van der Waals surface area contributed by atoms with Gasteiger partial charge in [0, 0.05) is 31.4 Å². The fourth-order valence-electron chi connectivity index (χ4n) is 3.08. The number of carbonyl (C=O) groups excluding carboxylic acids is 2. The van der Waals surface area contributed by atoms with Gasteiger partial charge in [0.15, 0.2) is 0 Å². The van der Waals surface area contributed by atoms with E-state index in [2.05, 4.69) is 10.3 Å². The van der Waals surface area contributed by atoms with Crippen molar-refractivity contribution in [1.29, 1.82) is 0 Å². The lowest BCUT2D eigenvalue weighted by Gasteiger charge is -2.31. The van der Waals surface area contributed by atoms with E-state index in [-0.39, 0.29) is 17.7 Å². The van der Waals surface area contributed by atoms with E-state index in [1.165, 1.54) is 11.3 Å². The monoisotopic (exact) mass is 373 g/mol. The predicted molar refractivity (Wildman–Crippen MR) is 100 cm³/mol. The topological polar surface area (TPSA) is 71.5 Å². The van der Waals surface area contributed by atoms with Crippen molar-refractivity contribution in [1.82, 2.24) is 15.2 Å². The van der Waals surface area contributed by atoms with E-state index in [1.807, 2.05) is 36.6 Å². The summed E-state index contributed by atoms with van der Waals surface area (Å²) in [4.78, 5) is 31.8. The molecule has 1 aliphatic rings. The molecule has 0 spiro atoms. The first-order valence-electron chi connectivity index (χ1n) is 8.86. The molecule has 7 heteroatoms. The second kappa shape index (κ2) is 8.80. The van der Waals surface area contributed by atoms with Crippen LogP contribution in [0, 0.1) is 5.92 Å². The summed E-state index contributed by atoms with van der Waals surface area (Å²) in [6.07, 6.45) is 3.31. The second-order valence-electron chi connectivity index (χ2n) is 6.19. The summed E-state index contributed by atoms with van der Waals surface area (Å²) >= 11 is 1.44. The first-order valence-corrected chi connectivity index (χ1v) is 9.74.